The molecule has 122 valence electrons. The number of carbonyl (C=O) groups is 1. The minimum Gasteiger partial charge on any atom is -0.333 e. The van der Waals surface area contributed by atoms with Crippen LogP contribution in [0.15, 0.2) is 66.9 Å². The number of hydrogen-bond acceptors (Lipinski definition) is 3. The SMILES string of the molecule is CCN(Cc1ccccc1)C(=O)c1cn(Cc2ccccc2)nn1. The maximum Gasteiger partial charge on any atom is 0.276 e. The summed E-state index contributed by atoms with van der Waals surface area (Å²) >= 11 is 0. The summed E-state index contributed by atoms with van der Waals surface area (Å²) in [4.78, 5) is 14.4. The zero-order chi connectivity index (χ0) is 16.8. The molecular weight excluding hydrogens is 300 g/mol. The topological polar surface area (TPSA) is 51.0 Å². The second-order valence-corrected chi connectivity index (χ2v) is 5.59. The van der Waals surface area contributed by atoms with E-state index in [2.05, 4.69) is 10.3 Å². The Morgan fingerprint density at radius 1 is 1.00 bits per heavy atom. The van der Waals surface area contributed by atoms with Crippen molar-refractivity contribution in [3.05, 3.63) is 83.7 Å². The first-order chi connectivity index (χ1) is 11.8. The molecule has 3 rings (SSSR count). The number of hydrogen-bond donors (Lipinski definition) is 0. The zero-order valence-corrected chi connectivity index (χ0v) is 13.7. The van der Waals surface area contributed by atoms with Crippen molar-refractivity contribution in [2.45, 2.75) is 20.0 Å². The standard InChI is InChI=1S/C19H20N4O/c1-2-22(13-16-9-5-3-6-10-16)19(24)18-15-23(21-20-18)14-17-11-7-4-8-12-17/h3-12,15H,2,13-14H2,1H3. The third kappa shape index (κ3) is 3.87. The van der Waals surface area contributed by atoms with Crippen molar-refractivity contribution in [1.82, 2.24) is 19.9 Å². The smallest absolute Gasteiger partial charge is 0.276 e. The predicted molar refractivity (Wildman–Crippen MR) is 92.4 cm³/mol. The van der Waals surface area contributed by atoms with E-state index >= 15 is 0 Å². The summed E-state index contributed by atoms with van der Waals surface area (Å²) in [7, 11) is 0. The van der Waals surface area contributed by atoms with E-state index in [-0.39, 0.29) is 5.91 Å². The monoisotopic (exact) mass is 320 g/mol. The van der Waals surface area contributed by atoms with E-state index in [0.29, 0.717) is 25.3 Å². The molecule has 0 aliphatic heterocycles. The summed E-state index contributed by atoms with van der Waals surface area (Å²) in [5.41, 5.74) is 2.60. The molecule has 0 saturated carbocycles. The molecule has 1 aromatic heterocycles. The zero-order valence-electron chi connectivity index (χ0n) is 13.7. The first kappa shape index (κ1) is 15.9. The average molecular weight is 320 g/mol. The van der Waals surface area contributed by atoms with E-state index in [1.54, 1.807) is 15.8 Å². The molecule has 0 fully saturated rings. The van der Waals surface area contributed by atoms with Gasteiger partial charge in [0.25, 0.3) is 5.91 Å². The van der Waals surface area contributed by atoms with Gasteiger partial charge in [0, 0.05) is 13.1 Å². The van der Waals surface area contributed by atoms with E-state index in [4.69, 9.17) is 0 Å². The molecule has 0 aliphatic rings. The number of aromatic nitrogens is 3. The Morgan fingerprint density at radius 3 is 2.25 bits per heavy atom. The van der Waals surface area contributed by atoms with Crippen LogP contribution in [0.2, 0.25) is 0 Å². The quantitative estimate of drug-likeness (QED) is 0.701. The first-order valence-corrected chi connectivity index (χ1v) is 8.03. The highest BCUT2D eigenvalue weighted by Crippen LogP contribution is 2.09. The lowest BCUT2D eigenvalue weighted by Gasteiger charge is -2.19. The Labute approximate surface area is 141 Å². The molecule has 5 nitrogen and oxygen atoms in total. The molecule has 1 amide bonds. The van der Waals surface area contributed by atoms with Crippen molar-refractivity contribution < 1.29 is 4.79 Å². The highest BCUT2D eigenvalue weighted by Gasteiger charge is 2.18. The molecule has 0 spiro atoms. The van der Waals surface area contributed by atoms with E-state index in [9.17, 15) is 4.79 Å². The highest BCUT2D eigenvalue weighted by atomic mass is 16.2. The Kier molecular flexibility index (Phi) is 5.01. The van der Waals surface area contributed by atoms with E-state index in [0.717, 1.165) is 11.1 Å². The number of nitrogens with zero attached hydrogens (tertiary/aromatic N) is 4. The van der Waals surface area contributed by atoms with Gasteiger partial charge < -0.3 is 4.90 Å². The molecule has 0 saturated heterocycles. The number of rotatable bonds is 6. The fraction of sp³-hybridized carbons (Fsp3) is 0.211. The molecule has 0 bridgehead atoms. The fourth-order valence-electron chi connectivity index (χ4n) is 2.54. The molecular formula is C19H20N4O. The predicted octanol–water partition coefficient (Wildman–Crippen LogP) is 2.99. The lowest BCUT2D eigenvalue weighted by atomic mass is 10.2. The number of amides is 1. The van der Waals surface area contributed by atoms with E-state index in [1.165, 1.54) is 0 Å². The maximum atomic E-state index is 12.7. The Morgan fingerprint density at radius 2 is 1.62 bits per heavy atom. The summed E-state index contributed by atoms with van der Waals surface area (Å²) in [6.45, 7) is 3.77. The van der Waals surface area contributed by atoms with Crippen LogP contribution in [0.25, 0.3) is 0 Å². The van der Waals surface area contributed by atoms with Gasteiger partial charge in [0.2, 0.25) is 0 Å². The van der Waals surface area contributed by atoms with Crippen LogP contribution in [0, 0.1) is 0 Å². The van der Waals surface area contributed by atoms with Gasteiger partial charge in [0.15, 0.2) is 5.69 Å². The highest BCUT2D eigenvalue weighted by molar-refractivity contribution is 5.91. The average Bonchev–Trinajstić information content (AvgIpc) is 3.09. The van der Waals surface area contributed by atoms with Crippen LogP contribution >= 0.6 is 0 Å². The van der Waals surface area contributed by atoms with Crippen molar-refractivity contribution in [1.29, 1.82) is 0 Å². The Bertz CT molecular complexity index is 783. The van der Waals surface area contributed by atoms with Gasteiger partial charge in [-0.1, -0.05) is 65.9 Å². The van der Waals surface area contributed by atoms with Crippen LogP contribution in [0.1, 0.15) is 28.5 Å². The fourth-order valence-corrected chi connectivity index (χ4v) is 2.54. The minimum absolute atomic E-state index is 0.0966. The van der Waals surface area contributed by atoms with E-state index < -0.39 is 0 Å². The van der Waals surface area contributed by atoms with Gasteiger partial charge in [-0.05, 0) is 18.1 Å². The molecule has 0 unspecified atom stereocenters. The third-order valence-electron chi connectivity index (χ3n) is 3.83. The molecule has 1 heterocycles. The Hall–Kier alpha value is -2.95. The maximum absolute atomic E-state index is 12.7. The van der Waals surface area contributed by atoms with Gasteiger partial charge >= 0.3 is 0 Å². The van der Waals surface area contributed by atoms with Crippen LogP contribution in [0.5, 0.6) is 0 Å². The van der Waals surface area contributed by atoms with Crippen molar-refractivity contribution in [3.63, 3.8) is 0 Å². The molecule has 0 atom stereocenters. The normalized spacial score (nSPS) is 10.5. The van der Waals surface area contributed by atoms with Crippen molar-refractivity contribution >= 4 is 5.91 Å². The summed E-state index contributed by atoms with van der Waals surface area (Å²) in [6, 6.07) is 19.9. The molecule has 0 aliphatic carbocycles. The molecule has 3 aromatic rings. The van der Waals surface area contributed by atoms with Crippen molar-refractivity contribution in [2.24, 2.45) is 0 Å². The lowest BCUT2D eigenvalue weighted by Crippen LogP contribution is -2.30. The van der Waals surface area contributed by atoms with Gasteiger partial charge in [-0.25, -0.2) is 4.68 Å². The van der Waals surface area contributed by atoms with Crippen LogP contribution in [0.4, 0.5) is 0 Å². The second kappa shape index (κ2) is 7.55. The Balaban J connectivity index is 1.70. The molecule has 0 N–H and O–H groups in total. The van der Waals surface area contributed by atoms with Crippen molar-refractivity contribution in [3.8, 4) is 0 Å². The number of carbonyl (C=O) groups excluding carboxylic acids is 1. The summed E-state index contributed by atoms with van der Waals surface area (Å²) in [5.74, 6) is -0.0966. The summed E-state index contributed by atoms with van der Waals surface area (Å²) in [5, 5.41) is 8.12. The third-order valence-corrected chi connectivity index (χ3v) is 3.83. The van der Waals surface area contributed by atoms with E-state index in [1.807, 2.05) is 67.6 Å². The molecule has 24 heavy (non-hydrogen) atoms. The van der Waals surface area contributed by atoms with Crippen LogP contribution < -0.4 is 0 Å². The first-order valence-electron chi connectivity index (χ1n) is 8.03. The summed E-state index contributed by atoms with van der Waals surface area (Å²) in [6.07, 6.45) is 1.71. The van der Waals surface area contributed by atoms with Gasteiger partial charge in [-0.15, -0.1) is 5.10 Å². The largest absolute Gasteiger partial charge is 0.333 e. The number of benzene rings is 2. The van der Waals surface area contributed by atoms with Gasteiger partial charge in [0.05, 0.1) is 12.7 Å². The summed E-state index contributed by atoms with van der Waals surface area (Å²) < 4.78 is 1.69. The molecule has 0 radical (unpaired) electrons. The van der Waals surface area contributed by atoms with Gasteiger partial charge in [-0.3, -0.25) is 4.79 Å². The minimum atomic E-state index is -0.0966. The lowest BCUT2D eigenvalue weighted by molar-refractivity contribution is 0.0746. The molecule has 5 heteroatoms. The van der Waals surface area contributed by atoms with Gasteiger partial charge in [-0.2, -0.15) is 0 Å². The van der Waals surface area contributed by atoms with Crippen LogP contribution in [-0.2, 0) is 13.1 Å². The van der Waals surface area contributed by atoms with Crippen molar-refractivity contribution in [2.75, 3.05) is 6.54 Å². The molecule has 2 aromatic carbocycles. The van der Waals surface area contributed by atoms with Crippen LogP contribution in [0.3, 0.4) is 0 Å². The van der Waals surface area contributed by atoms with Crippen LogP contribution in [-0.4, -0.2) is 32.3 Å². The van der Waals surface area contributed by atoms with Gasteiger partial charge in [0.1, 0.15) is 0 Å². The second-order valence-electron chi connectivity index (χ2n) is 5.59.